The van der Waals surface area contributed by atoms with E-state index in [1.165, 1.54) is 4.90 Å². The first-order valence-corrected chi connectivity index (χ1v) is 10.3. The summed E-state index contributed by atoms with van der Waals surface area (Å²) >= 11 is 0. The van der Waals surface area contributed by atoms with Crippen molar-refractivity contribution in [1.29, 1.82) is 0 Å². The fourth-order valence-electron chi connectivity index (χ4n) is 3.65. The minimum atomic E-state index is -0.311. The molecule has 0 saturated heterocycles. The zero-order valence-corrected chi connectivity index (χ0v) is 18.2. The van der Waals surface area contributed by atoms with Crippen LogP contribution in [-0.2, 0) is 9.59 Å². The number of methoxy groups -OCH3 is 1. The molecule has 6 heteroatoms. The van der Waals surface area contributed by atoms with E-state index in [1.807, 2.05) is 38.1 Å². The molecule has 2 aromatic carbocycles. The minimum Gasteiger partial charge on any atom is -0.497 e. The third-order valence-corrected chi connectivity index (χ3v) is 5.28. The first kappa shape index (κ1) is 21.4. The number of benzene rings is 2. The van der Waals surface area contributed by atoms with Crippen LogP contribution in [0.4, 0.5) is 11.4 Å². The Morgan fingerprint density at radius 2 is 1.53 bits per heavy atom. The third-order valence-electron chi connectivity index (χ3n) is 5.28. The van der Waals surface area contributed by atoms with Crippen molar-refractivity contribution >= 4 is 28.8 Å². The van der Waals surface area contributed by atoms with Gasteiger partial charge < -0.3 is 15.0 Å². The molecule has 0 aliphatic carbocycles. The zero-order valence-electron chi connectivity index (χ0n) is 18.2. The number of carbonyl (C=O) groups excluding carboxylic acids is 2. The summed E-state index contributed by atoms with van der Waals surface area (Å²) in [6, 6.07) is 14.8. The van der Waals surface area contributed by atoms with Gasteiger partial charge in [0.05, 0.1) is 12.7 Å². The second-order valence-electron chi connectivity index (χ2n) is 7.40. The van der Waals surface area contributed by atoms with Crippen molar-refractivity contribution in [2.45, 2.75) is 33.7 Å². The van der Waals surface area contributed by atoms with Gasteiger partial charge in [-0.25, -0.2) is 0 Å². The molecular formula is C24H29N3O3. The molecule has 1 aliphatic rings. The van der Waals surface area contributed by atoms with Gasteiger partial charge in [0.2, 0.25) is 0 Å². The maximum atomic E-state index is 13.1. The predicted molar refractivity (Wildman–Crippen MR) is 121 cm³/mol. The maximum Gasteiger partial charge on any atom is 0.278 e. The molecule has 1 heterocycles. The number of nitrogens with one attached hydrogen (secondary N) is 1. The highest BCUT2D eigenvalue weighted by atomic mass is 16.5. The van der Waals surface area contributed by atoms with Crippen LogP contribution < -0.4 is 15.0 Å². The second-order valence-corrected chi connectivity index (χ2v) is 7.40. The third kappa shape index (κ3) is 4.03. The van der Waals surface area contributed by atoms with Crippen molar-refractivity contribution < 1.29 is 14.3 Å². The molecule has 1 N–H and O–H groups in total. The smallest absolute Gasteiger partial charge is 0.278 e. The monoisotopic (exact) mass is 407 g/mol. The lowest BCUT2D eigenvalue weighted by Gasteiger charge is -2.21. The molecule has 30 heavy (non-hydrogen) atoms. The molecule has 2 aromatic rings. The van der Waals surface area contributed by atoms with Gasteiger partial charge in [-0.2, -0.15) is 0 Å². The quantitative estimate of drug-likeness (QED) is 0.667. The number of imide groups is 1. The predicted octanol–water partition coefficient (Wildman–Crippen LogP) is 4.14. The van der Waals surface area contributed by atoms with Gasteiger partial charge in [-0.15, -0.1) is 0 Å². The van der Waals surface area contributed by atoms with Gasteiger partial charge in [0, 0.05) is 30.5 Å². The van der Waals surface area contributed by atoms with E-state index in [9.17, 15) is 9.59 Å². The van der Waals surface area contributed by atoms with Crippen LogP contribution in [-0.4, -0.2) is 43.0 Å². The Kier molecular flexibility index (Phi) is 6.45. The summed E-state index contributed by atoms with van der Waals surface area (Å²) in [6.45, 7) is 9.75. The van der Waals surface area contributed by atoms with Crippen LogP contribution in [0.2, 0.25) is 0 Å². The molecule has 0 aromatic heterocycles. The van der Waals surface area contributed by atoms with Crippen molar-refractivity contribution in [3.63, 3.8) is 0 Å². The molecule has 3 rings (SSSR count). The second kappa shape index (κ2) is 9.03. The number of rotatable bonds is 8. The first-order chi connectivity index (χ1) is 14.4. The number of carbonyl (C=O) groups is 2. The minimum absolute atomic E-state index is 0.234. The Morgan fingerprint density at radius 1 is 0.933 bits per heavy atom. The number of amides is 2. The van der Waals surface area contributed by atoms with Gasteiger partial charge in [0.15, 0.2) is 0 Å². The van der Waals surface area contributed by atoms with Gasteiger partial charge in [-0.3, -0.25) is 14.5 Å². The highest BCUT2D eigenvalue weighted by molar-refractivity contribution is 6.36. The molecule has 0 spiro atoms. The van der Waals surface area contributed by atoms with Gasteiger partial charge in [0.1, 0.15) is 11.4 Å². The van der Waals surface area contributed by atoms with Crippen LogP contribution in [0.1, 0.15) is 33.3 Å². The van der Waals surface area contributed by atoms with E-state index in [4.69, 9.17) is 4.74 Å². The van der Waals surface area contributed by atoms with E-state index in [1.54, 1.807) is 31.4 Å². The summed E-state index contributed by atoms with van der Waals surface area (Å²) in [5.41, 5.74) is 3.24. The summed E-state index contributed by atoms with van der Waals surface area (Å²) in [7, 11) is 1.59. The topological polar surface area (TPSA) is 61.9 Å². The van der Waals surface area contributed by atoms with Crippen LogP contribution in [0, 0.1) is 0 Å². The van der Waals surface area contributed by atoms with Crippen LogP contribution in [0.3, 0.4) is 0 Å². The summed E-state index contributed by atoms with van der Waals surface area (Å²) in [5.74, 6) is 0.0920. The van der Waals surface area contributed by atoms with Crippen molar-refractivity contribution in [3.05, 3.63) is 59.8 Å². The Hall–Kier alpha value is -3.28. The summed E-state index contributed by atoms with van der Waals surface area (Å²) in [6.07, 6.45) is 0. The van der Waals surface area contributed by atoms with E-state index in [0.717, 1.165) is 24.5 Å². The maximum absolute atomic E-state index is 13.1. The lowest BCUT2D eigenvalue weighted by molar-refractivity contribution is -0.138. The lowest BCUT2D eigenvalue weighted by Crippen LogP contribution is -2.38. The number of nitrogens with zero attached hydrogens (tertiary/aromatic N) is 2. The molecule has 6 nitrogen and oxygen atoms in total. The fraction of sp³-hybridized carbons (Fsp3) is 0.333. The molecule has 2 amide bonds. The summed E-state index contributed by atoms with van der Waals surface area (Å²) < 4.78 is 5.21. The highest BCUT2D eigenvalue weighted by Crippen LogP contribution is 2.32. The normalized spacial score (nSPS) is 14.0. The molecule has 0 fully saturated rings. The largest absolute Gasteiger partial charge is 0.497 e. The molecule has 0 unspecified atom stereocenters. The van der Waals surface area contributed by atoms with Gasteiger partial charge in [-0.1, -0.05) is 12.1 Å². The molecule has 0 saturated carbocycles. The van der Waals surface area contributed by atoms with Crippen molar-refractivity contribution in [3.8, 4) is 5.75 Å². The van der Waals surface area contributed by atoms with Crippen molar-refractivity contribution in [2.24, 2.45) is 0 Å². The Bertz CT molecular complexity index is 943. The lowest BCUT2D eigenvalue weighted by atomic mass is 10.0. The van der Waals surface area contributed by atoms with E-state index in [0.29, 0.717) is 22.6 Å². The molecule has 158 valence electrons. The molecule has 0 bridgehead atoms. The number of hydrogen-bond donors (Lipinski definition) is 1. The van der Waals surface area contributed by atoms with E-state index >= 15 is 0 Å². The van der Waals surface area contributed by atoms with Crippen LogP contribution in [0.15, 0.2) is 54.2 Å². The number of anilines is 2. The average Bonchev–Trinajstić information content (AvgIpc) is 2.99. The van der Waals surface area contributed by atoms with E-state index < -0.39 is 0 Å². The SMILES string of the molecule is CCN(CC)c1ccc(NC2=C(c3ccc(OC)cc3)C(=O)N(C(C)C)C2=O)cc1. The van der Waals surface area contributed by atoms with Crippen LogP contribution in [0.5, 0.6) is 5.75 Å². The zero-order chi connectivity index (χ0) is 21.8. The Labute approximate surface area is 178 Å². The van der Waals surface area contributed by atoms with Crippen molar-refractivity contribution in [1.82, 2.24) is 4.90 Å². The van der Waals surface area contributed by atoms with E-state index in [2.05, 4.69) is 24.1 Å². The van der Waals surface area contributed by atoms with Crippen LogP contribution >= 0.6 is 0 Å². The fourth-order valence-corrected chi connectivity index (χ4v) is 3.65. The van der Waals surface area contributed by atoms with Gasteiger partial charge in [0.25, 0.3) is 11.8 Å². The molecular weight excluding hydrogens is 378 g/mol. The Balaban J connectivity index is 1.99. The first-order valence-electron chi connectivity index (χ1n) is 10.3. The van der Waals surface area contributed by atoms with Crippen LogP contribution in [0.25, 0.3) is 5.57 Å². The average molecular weight is 408 g/mol. The Morgan fingerprint density at radius 3 is 2.03 bits per heavy atom. The van der Waals surface area contributed by atoms with Crippen molar-refractivity contribution in [2.75, 3.05) is 30.4 Å². The summed E-state index contributed by atoms with van der Waals surface area (Å²) in [4.78, 5) is 29.7. The van der Waals surface area contributed by atoms with E-state index in [-0.39, 0.29) is 17.9 Å². The standard InChI is InChI=1S/C24H29N3O3/c1-6-26(7-2)19-12-10-18(11-13-19)25-22-21(17-8-14-20(30-5)15-9-17)23(28)27(16(3)4)24(22)29/h8-16,25H,6-7H2,1-5H3. The molecule has 0 radical (unpaired) electrons. The van der Waals surface area contributed by atoms with Gasteiger partial charge in [-0.05, 0) is 69.7 Å². The number of hydrogen-bond acceptors (Lipinski definition) is 5. The van der Waals surface area contributed by atoms with Gasteiger partial charge >= 0.3 is 0 Å². The molecule has 1 aliphatic heterocycles. The summed E-state index contributed by atoms with van der Waals surface area (Å²) in [5, 5.41) is 3.20. The number of ether oxygens (including phenoxy) is 1. The highest BCUT2D eigenvalue weighted by Gasteiger charge is 2.40. The molecule has 0 atom stereocenters.